The van der Waals surface area contributed by atoms with Crippen LogP contribution < -0.4 is 0 Å². The molecular weight excluding hydrogens is 960 g/mol. The van der Waals surface area contributed by atoms with Crippen LogP contribution in [0.4, 0.5) is 24.5 Å². The summed E-state index contributed by atoms with van der Waals surface area (Å²) in [7, 11) is 0. The average Bonchev–Trinajstić information content (AvgIpc) is 4.22. The molecule has 0 N–H and O–H groups in total. The Morgan fingerprint density at radius 3 is 1.14 bits per heavy atom. The number of aryl methyl sites for hydroxylation is 1. The summed E-state index contributed by atoms with van der Waals surface area (Å²) in [5.74, 6) is 0. The van der Waals surface area contributed by atoms with E-state index in [9.17, 15) is 29.0 Å². The first-order valence-electron chi connectivity index (χ1n) is 24.4. The highest BCUT2D eigenvalue weighted by Crippen LogP contribution is 2.45. The van der Waals surface area contributed by atoms with E-state index in [1.165, 1.54) is 6.07 Å². The Morgan fingerprint density at radius 1 is 0.403 bits per heavy atom. The molecule has 2 aromatic heterocycles. The molecule has 360 valence electrons. The molecular formula is C67H36F3N7. The topological polar surface area (TPSA) is 89.9 Å². The molecule has 0 fully saturated rings. The first-order valence-corrected chi connectivity index (χ1v) is 24.4. The van der Waals surface area contributed by atoms with E-state index in [0.29, 0.717) is 94.9 Å². The van der Waals surface area contributed by atoms with Crippen molar-refractivity contribution in [2.45, 2.75) is 13.1 Å². The van der Waals surface area contributed by atoms with Crippen LogP contribution in [0.1, 0.15) is 27.8 Å². The third-order valence-electron chi connectivity index (χ3n) is 14.5. The number of hydrogen-bond acceptors (Lipinski definition) is 3. The average molecular weight is 996 g/mol. The van der Waals surface area contributed by atoms with Crippen LogP contribution in [0.2, 0.25) is 0 Å². The van der Waals surface area contributed by atoms with Crippen LogP contribution in [0.5, 0.6) is 0 Å². The van der Waals surface area contributed by atoms with Crippen molar-refractivity contribution in [1.29, 1.82) is 15.8 Å². The maximum absolute atomic E-state index is 14.4. The van der Waals surface area contributed by atoms with Crippen molar-refractivity contribution in [2.24, 2.45) is 0 Å². The quantitative estimate of drug-likeness (QED) is 0.149. The van der Waals surface area contributed by atoms with Gasteiger partial charge in [-0.05, 0) is 129 Å². The van der Waals surface area contributed by atoms with Gasteiger partial charge in [0.05, 0.1) is 75.4 Å². The zero-order valence-corrected chi connectivity index (χ0v) is 40.8. The van der Waals surface area contributed by atoms with Crippen LogP contribution >= 0.6 is 0 Å². The van der Waals surface area contributed by atoms with Crippen LogP contribution in [0.15, 0.2) is 200 Å². The summed E-state index contributed by atoms with van der Waals surface area (Å²) in [5.41, 5.74) is 12.0. The molecule has 10 heteroatoms. The molecule has 0 atom stereocenters. The highest BCUT2D eigenvalue weighted by atomic mass is 19.4. The lowest BCUT2D eigenvalue weighted by atomic mass is 9.95. The van der Waals surface area contributed by atoms with Crippen molar-refractivity contribution in [3.05, 3.63) is 251 Å². The number of para-hydroxylation sites is 2. The molecule has 77 heavy (non-hydrogen) atoms. The summed E-state index contributed by atoms with van der Waals surface area (Å²) >= 11 is 0. The van der Waals surface area contributed by atoms with Gasteiger partial charge < -0.3 is 9.13 Å². The van der Waals surface area contributed by atoms with E-state index >= 15 is 0 Å². The van der Waals surface area contributed by atoms with E-state index in [1.807, 2.05) is 167 Å². The molecule has 0 bridgehead atoms. The Labute approximate surface area is 440 Å². The maximum Gasteiger partial charge on any atom is 0.416 e. The summed E-state index contributed by atoms with van der Waals surface area (Å²) in [5, 5.41) is 35.9. The predicted octanol–water partition coefficient (Wildman–Crippen LogP) is 18.3. The van der Waals surface area contributed by atoms with Crippen LogP contribution in [0, 0.1) is 54.1 Å². The molecule has 0 aliphatic rings. The van der Waals surface area contributed by atoms with Gasteiger partial charge in [-0.25, -0.2) is 9.69 Å². The van der Waals surface area contributed by atoms with Crippen molar-refractivity contribution in [3.63, 3.8) is 0 Å². The van der Waals surface area contributed by atoms with Gasteiger partial charge in [-0.3, -0.25) is 0 Å². The summed E-state index contributed by atoms with van der Waals surface area (Å²) in [4.78, 5) is 7.69. The first-order chi connectivity index (χ1) is 37.5. The molecule has 0 aliphatic carbocycles. The van der Waals surface area contributed by atoms with Gasteiger partial charge in [0.15, 0.2) is 11.4 Å². The molecule has 0 saturated heterocycles. The Morgan fingerprint density at radius 2 is 0.779 bits per heavy atom. The third-order valence-corrected chi connectivity index (χ3v) is 14.5. The molecule has 2 heterocycles. The Bertz CT molecular complexity index is 4220. The monoisotopic (exact) mass is 995 g/mol. The second-order valence-corrected chi connectivity index (χ2v) is 18.7. The molecule has 0 saturated carbocycles. The fourth-order valence-corrected chi connectivity index (χ4v) is 10.9. The zero-order valence-electron chi connectivity index (χ0n) is 40.8. The lowest BCUT2D eigenvalue weighted by molar-refractivity contribution is -0.137. The van der Waals surface area contributed by atoms with Gasteiger partial charge in [-0.2, -0.15) is 29.0 Å². The highest BCUT2D eigenvalue weighted by molar-refractivity contribution is 6.14. The van der Waals surface area contributed by atoms with Gasteiger partial charge in [-0.1, -0.05) is 140 Å². The Hall–Kier alpha value is -11.0. The maximum atomic E-state index is 14.4. The van der Waals surface area contributed by atoms with Gasteiger partial charge in [0, 0.05) is 21.5 Å². The number of alkyl halides is 3. The van der Waals surface area contributed by atoms with Crippen LogP contribution in [-0.2, 0) is 6.18 Å². The van der Waals surface area contributed by atoms with Gasteiger partial charge >= 0.3 is 6.18 Å². The lowest BCUT2D eigenvalue weighted by Crippen LogP contribution is -2.07. The number of nitriles is 3. The second kappa shape index (κ2) is 18.5. The SMILES string of the molecule is [C-]#[N+]c1ccccc1-c1ccc2c3ccc(-c4ccccc4C#N)cc3n(-c3cc(-c4ccc(C(F)(F)F)cc4C)cc(-n4c5cc(-c6ccccc6C#N)ccc5c5ccc(-c6ccccc6[N+]#[C-])cc54)c3C#N)c2c1. The lowest BCUT2D eigenvalue weighted by Gasteiger charge is -2.20. The number of aromatic nitrogens is 2. The summed E-state index contributed by atoms with van der Waals surface area (Å²) in [6, 6.07) is 67.8. The second-order valence-electron chi connectivity index (χ2n) is 18.7. The number of nitrogens with zero attached hydrogens (tertiary/aromatic N) is 7. The molecule has 0 aliphatic heterocycles. The summed E-state index contributed by atoms with van der Waals surface area (Å²) in [6.45, 7) is 17.8. The van der Waals surface area contributed by atoms with E-state index in [1.54, 1.807) is 31.2 Å². The van der Waals surface area contributed by atoms with E-state index < -0.39 is 11.7 Å². The summed E-state index contributed by atoms with van der Waals surface area (Å²) < 4.78 is 47.2. The standard InChI is InChI=1S/C67H36F3N7/c1-40-30-48(67(68,69)70)24-29-49(40)47-35-65(76-61-31-41(50-14-6-4-12-45(50)37-71)20-25-54(61)56-27-22-43(33-63(56)76)52-16-8-10-18-59(52)74-2)58(39-73)66(36-47)77-62-32-42(51-15-7-5-13-46(51)38-72)21-26-55(62)57-28-23-44(34-64(57)77)53-17-9-11-19-60(53)75-3/h4-36H,1H3. The predicted molar refractivity (Wildman–Crippen MR) is 299 cm³/mol. The largest absolute Gasteiger partial charge is 0.416 e. The highest BCUT2D eigenvalue weighted by Gasteiger charge is 2.31. The van der Waals surface area contributed by atoms with Crippen LogP contribution in [0.3, 0.4) is 0 Å². The fourth-order valence-electron chi connectivity index (χ4n) is 10.9. The summed E-state index contributed by atoms with van der Waals surface area (Å²) in [6.07, 6.45) is -4.60. The normalized spacial score (nSPS) is 11.3. The van der Waals surface area contributed by atoms with Gasteiger partial charge in [0.2, 0.25) is 0 Å². The van der Waals surface area contributed by atoms with Crippen molar-refractivity contribution < 1.29 is 13.2 Å². The minimum Gasteiger partial charge on any atom is -0.308 e. The van der Waals surface area contributed by atoms with E-state index in [0.717, 1.165) is 55.9 Å². The number of benzene rings is 10. The fraction of sp³-hybridized carbons (Fsp3) is 0.0299. The molecule has 0 unspecified atom stereocenters. The van der Waals surface area contributed by atoms with Gasteiger partial charge in [-0.15, -0.1) is 0 Å². The number of hydrogen-bond donors (Lipinski definition) is 0. The molecule has 0 radical (unpaired) electrons. The molecule has 12 aromatic rings. The van der Waals surface area contributed by atoms with Crippen molar-refractivity contribution >= 4 is 55.0 Å². The number of halogens is 3. The smallest absolute Gasteiger partial charge is 0.308 e. The molecule has 0 spiro atoms. The molecule has 0 amide bonds. The van der Waals surface area contributed by atoms with Crippen molar-refractivity contribution in [1.82, 2.24) is 9.13 Å². The van der Waals surface area contributed by atoms with Gasteiger partial charge in [0.1, 0.15) is 11.6 Å². The number of fused-ring (bicyclic) bond motifs is 6. The molecule has 7 nitrogen and oxygen atoms in total. The van der Waals surface area contributed by atoms with E-state index in [4.69, 9.17) is 13.1 Å². The van der Waals surface area contributed by atoms with E-state index in [-0.39, 0.29) is 5.56 Å². The minimum atomic E-state index is -4.60. The van der Waals surface area contributed by atoms with Crippen LogP contribution in [0.25, 0.3) is 120 Å². The van der Waals surface area contributed by atoms with Gasteiger partial charge in [0.25, 0.3) is 0 Å². The first kappa shape index (κ1) is 47.1. The Kier molecular flexibility index (Phi) is 11.3. The van der Waals surface area contributed by atoms with Crippen molar-refractivity contribution in [3.8, 4) is 85.2 Å². The number of rotatable bonds is 7. The minimum absolute atomic E-state index is 0.223. The molecule has 12 rings (SSSR count). The van der Waals surface area contributed by atoms with Crippen molar-refractivity contribution in [2.75, 3.05) is 0 Å². The third kappa shape index (κ3) is 7.80. The zero-order chi connectivity index (χ0) is 53.1. The van der Waals surface area contributed by atoms with E-state index in [2.05, 4.69) is 27.9 Å². The molecule has 10 aromatic carbocycles. The Balaban J connectivity index is 1.26. The van der Waals surface area contributed by atoms with Crippen LogP contribution in [-0.4, -0.2) is 9.13 Å².